The lowest BCUT2D eigenvalue weighted by molar-refractivity contribution is 0.0627. The van der Waals surface area contributed by atoms with Gasteiger partial charge in [-0.25, -0.2) is 18.1 Å². The zero-order chi connectivity index (χ0) is 15.7. The van der Waals surface area contributed by atoms with Gasteiger partial charge in [0, 0.05) is 13.6 Å². The van der Waals surface area contributed by atoms with Gasteiger partial charge in [0.25, 0.3) is 10.0 Å². The molecule has 0 aliphatic carbocycles. The summed E-state index contributed by atoms with van der Waals surface area (Å²) in [5, 5.41) is 10.1. The minimum Gasteiger partial charge on any atom is -0.384 e. The SMILES string of the molecule is Cn1cnc(S(=O)(=O)NCC(C)(O)c2ccccc2)c1Cl. The van der Waals surface area contributed by atoms with E-state index < -0.39 is 15.6 Å². The standard InChI is InChI=1S/C13H16ClN3O3S/c1-13(18,10-6-4-3-5-7-10)8-16-21(19,20)12-11(14)17(2)9-15-12/h3-7,9,16,18H,8H2,1-2H3. The molecule has 0 saturated heterocycles. The summed E-state index contributed by atoms with van der Waals surface area (Å²) in [7, 11) is -2.29. The molecule has 1 unspecified atom stereocenters. The van der Waals surface area contributed by atoms with Crippen molar-refractivity contribution in [2.45, 2.75) is 17.6 Å². The minimum atomic E-state index is -3.89. The Morgan fingerprint density at radius 3 is 2.52 bits per heavy atom. The third kappa shape index (κ3) is 3.44. The number of sulfonamides is 1. The van der Waals surface area contributed by atoms with Gasteiger partial charge in [-0.1, -0.05) is 41.9 Å². The van der Waals surface area contributed by atoms with Crippen LogP contribution in [0.25, 0.3) is 0 Å². The lowest BCUT2D eigenvalue weighted by Crippen LogP contribution is -2.38. The summed E-state index contributed by atoms with van der Waals surface area (Å²) in [6, 6.07) is 8.81. The van der Waals surface area contributed by atoms with E-state index in [1.807, 2.05) is 6.07 Å². The summed E-state index contributed by atoms with van der Waals surface area (Å²) in [4.78, 5) is 3.76. The molecule has 1 aromatic carbocycles. The van der Waals surface area contributed by atoms with Crippen molar-refractivity contribution >= 4 is 21.6 Å². The number of hydrogen-bond acceptors (Lipinski definition) is 4. The predicted molar refractivity (Wildman–Crippen MR) is 79.4 cm³/mol. The van der Waals surface area contributed by atoms with Crippen molar-refractivity contribution in [2.24, 2.45) is 7.05 Å². The third-order valence-corrected chi connectivity index (χ3v) is 4.98. The predicted octanol–water partition coefficient (Wildman–Crippen LogP) is 1.26. The summed E-state index contributed by atoms with van der Waals surface area (Å²) in [5.41, 5.74) is -0.727. The molecule has 1 heterocycles. The van der Waals surface area contributed by atoms with Crippen LogP contribution in [-0.2, 0) is 22.7 Å². The normalized spacial score (nSPS) is 14.9. The molecule has 2 rings (SSSR count). The summed E-state index contributed by atoms with van der Waals surface area (Å²) in [6.45, 7) is 1.34. The van der Waals surface area contributed by atoms with Gasteiger partial charge in [0.15, 0.2) is 0 Å². The molecule has 2 aromatic rings. The first-order valence-corrected chi connectivity index (χ1v) is 8.04. The van der Waals surface area contributed by atoms with E-state index in [9.17, 15) is 13.5 Å². The highest BCUT2D eigenvalue weighted by atomic mass is 35.5. The highest BCUT2D eigenvalue weighted by Gasteiger charge is 2.28. The van der Waals surface area contributed by atoms with Gasteiger partial charge in [-0.05, 0) is 12.5 Å². The Bertz CT molecular complexity index is 726. The number of aliphatic hydroxyl groups is 1. The number of imidazole rings is 1. The molecule has 1 atom stereocenters. The fourth-order valence-corrected chi connectivity index (χ4v) is 3.33. The molecule has 0 saturated carbocycles. The Hall–Kier alpha value is -1.41. The van der Waals surface area contributed by atoms with Crippen LogP contribution in [0.15, 0.2) is 41.7 Å². The zero-order valence-corrected chi connectivity index (χ0v) is 13.2. The van der Waals surface area contributed by atoms with Gasteiger partial charge in [0.05, 0.1) is 6.33 Å². The van der Waals surface area contributed by atoms with Crippen LogP contribution in [0.4, 0.5) is 0 Å². The molecule has 0 amide bonds. The zero-order valence-electron chi connectivity index (χ0n) is 11.6. The minimum absolute atomic E-state index is 0.0156. The van der Waals surface area contributed by atoms with Gasteiger partial charge in [0.1, 0.15) is 10.8 Å². The summed E-state index contributed by atoms with van der Waals surface area (Å²) in [5.74, 6) is 0. The first-order valence-electron chi connectivity index (χ1n) is 6.18. The quantitative estimate of drug-likeness (QED) is 0.865. The number of benzene rings is 1. The van der Waals surface area contributed by atoms with E-state index in [4.69, 9.17) is 11.6 Å². The fraction of sp³-hybridized carbons (Fsp3) is 0.308. The lowest BCUT2D eigenvalue weighted by atomic mass is 9.97. The molecule has 2 N–H and O–H groups in total. The molecule has 0 aliphatic rings. The number of nitrogens with zero attached hydrogens (tertiary/aromatic N) is 2. The molecule has 1 aromatic heterocycles. The molecule has 0 aliphatic heterocycles. The van der Waals surface area contributed by atoms with Crippen molar-refractivity contribution in [1.82, 2.24) is 14.3 Å². The number of aryl methyl sites for hydroxylation is 1. The topological polar surface area (TPSA) is 84.2 Å². The largest absolute Gasteiger partial charge is 0.384 e. The highest BCUT2D eigenvalue weighted by molar-refractivity contribution is 7.89. The van der Waals surface area contributed by atoms with Gasteiger partial charge in [-0.3, -0.25) is 0 Å². The molecule has 21 heavy (non-hydrogen) atoms. The molecule has 6 nitrogen and oxygen atoms in total. The maximum Gasteiger partial charge on any atom is 0.261 e. The number of halogens is 1. The number of rotatable bonds is 5. The number of aromatic nitrogens is 2. The van der Waals surface area contributed by atoms with E-state index in [1.165, 1.54) is 17.8 Å². The van der Waals surface area contributed by atoms with Crippen LogP contribution in [0.1, 0.15) is 12.5 Å². The summed E-state index contributed by atoms with van der Waals surface area (Å²) in [6.07, 6.45) is 1.31. The van der Waals surface area contributed by atoms with Crippen LogP contribution in [0, 0.1) is 0 Å². The molecule has 0 spiro atoms. The Morgan fingerprint density at radius 2 is 2.00 bits per heavy atom. The maximum absolute atomic E-state index is 12.2. The third-order valence-electron chi connectivity index (χ3n) is 3.09. The second-order valence-corrected chi connectivity index (χ2v) is 6.96. The molecule has 0 radical (unpaired) electrons. The first kappa shape index (κ1) is 16.0. The van der Waals surface area contributed by atoms with Crippen molar-refractivity contribution < 1.29 is 13.5 Å². The lowest BCUT2D eigenvalue weighted by Gasteiger charge is -2.23. The molecular formula is C13H16ClN3O3S. The Balaban J connectivity index is 2.17. The molecule has 8 heteroatoms. The molecule has 114 valence electrons. The first-order chi connectivity index (χ1) is 9.74. The highest BCUT2D eigenvalue weighted by Crippen LogP contribution is 2.22. The van der Waals surface area contributed by atoms with Crippen molar-refractivity contribution in [2.75, 3.05) is 6.54 Å². The second-order valence-electron chi connectivity index (χ2n) is 4.92. The van der Waals surface area contributed by atoms with Crippen LogP contribution in [-0.4, -0.2) is 29.6 Å². The Kier molecular flexibility index (Phi) is 4.38. The number of hydrogen-bond donors (Lipinski definition) is 2. The van der Waals surface area contributed by atoms with E-state index >= 15 is 0 Å². The van der Waals surface area contributed by atoms with Gasteiger partial charge in [-0.2, -0.15) is 0 Å². The van der Waals surface area contributed by atoms with Gasteiger partial charge >= 0.3 is 0 Å². The van der Waals surface area contributed by atoms with Crippen molar-refractivity contribution in [3.8, 4) is 0 Å². The van der Waals surface area contributed by atoms with E-state index in [0.29, 0.717) is 5.56 Å². The van der Waals surface area contributed by atoms with Crippen LogP contribution >= 0.6 is 11.6 Å². The fourth-order valence-electron chi connectivity index (χ4n) is 1.78. The van der Waals surface area contributed by atoms with Crippen molar-refractivity contribution in [3.05, 3.63) is 47.4 Å². The Morgan fingerprint density at radius 1 is 1.38 bits per heavy atom. The average Bonchev–Trinajstić information content (AvgIpc) is 2.79. The summed E-state index contributed by atoms with van der Waals surface area (Å²) < 4.78 is 28.0. The maximum atomic E-state index is 12.2. The van der Waals surface area contributed by atoms with Gasteiger partial charge < -0.3 is 9.67 Å². The van der Waals surface area contributed by atoms with Crippen LogP contribution in [0.5, 0.6) is 0 Å². The van der Waals surface area contributed by atoms with E-state index in [2.05, 4.69) is 9.71 Å². The summed E-state index contributed by atoms with van der Waals surface area (Å²) >= 11 is 5.88. The van der Waals surface area contributed by atoms with Crippen LogP contribution in [0.3, 0.4) is 0 Å². The average molecular weight is 330 g/mol. The molecule has 0 fully saturated rings. The Labute approximate surface area is 128 Å². The van der Waals surface area contributed by atoms with Gasteiger partial charge in [-0.15, -0.1) is 0 Å². The molecular weight excluding hydrogens is 314 g/mol. The van der Waals surface area contributed by atoms with E-state index in [0.717, 1.165) is 0 Å². The van der Waals surface area contributed by atoms with Crippen molar-refractivity contribution in [1.29, 1.82) is 0 Å². The van der Waals surface area contributed by atoms with Gasteiger partial charge in [0.2, 0.25) is 5.03 Å². The van der Waals surface area contributed by atoms with Crippen LogP contribution in [0.2, 0.25) is 5.15 Å². The van der Waals surface area contributed by atoms with E-state index in [-0.39, 0.29) is 16.7 Å². The van der Waals surface area contributed by atoms with E-state index in [1.54, 1.807) is 31.3 Å². The smallest absolute Gasteiger partial charge is 0.261 e. The van der Waals surface area contributed by atoms with Crippen molar-refractivity contribution in [3.63, 3.8) is 0 Å². The number of nitrogens with one attached hydrogen (secondary N) is 1. The van der Waals surface area contributed by atoms with Crippen LogP contribution < -0.4 is 4.72 Å². The monoisotopic (exact) mass is 329 g/mol. The second kappa shape index (κ2) is 5.76. The molecule has 0 bridgehead atoms.